The molecule has 0 fully saturated rings. The Hall–Kier alpha value is -1.91. The lowest BCUT2D eigenvalue weighted by atomic mass is 10.0. The van der Waals surface area contributed by atoms with Gasteiger partial charge in [-0.05, 0) is 18.1 Å². The Bertz CT molecular complexity index is 432. The molecule has 1 aromatic rings. The summed E-state index contributed by atoms with van der Waals surface area (Å²) in [6.07, 6.45) is 0. The molecule has 0 aliphatic carbocycles. The third-order valence-electron chi connectivity index (χ3n) is 2.34. The Balaban J connectivity index is 2.85. The quantitative estimate of drug-likeness (QED) is 0.839. The predicted octanol–water partition coefficient (Wildman–Crippen LogP) is 1.66. The first-order valence-electron chi connectivity index (χ1n) is 5.21. The number of nitrogens with one attached hydrogen (secondary N) is 1. The highest BCUT2D eigenvalue weighted by atomic mass is 19.1. The number of carboxylic acid groups (broad SMARTS) is 1. The minimum absolute atomic E-state index is 0.153. The highest BCUT2D eigenvalue weighted by Crippen LogP contribution is 2.08. The van der Waals surface area contributed by atoms with E-state index in [0.717, 1.165) is 6.07 Å². The van der Waals surface area contributed by atoms with E-state index >= 15 is 0 Å². The molecule has 92 valence electrons. The van der Waals surface area contributed by atoms with Gasteiger partial charge in [0.1, 0.15) is 11.9 Å². The summed E-state index contributed by atoms with van der Waals surface area (Å²) in [5, 5.41) is 11.2. The van der Waals surface area contributed by atoms with Gasteiger partial charge >= 0.3 is 5.97 Å². The number of amides is 1. The number of aliphatic carboxylic acids is 1. The Morgan fingerprint density at radius 3 is 2.35 bits per heavy atom. The molecule has 1 atom stereocenters. The monoisotopic (exact) mass is 239 g/mol. The van der Waals surface area contributed by atoms with Gasteiger partial charge in [0.05, 0.1) is 5.56 Å². The summed E-state index contributed by atoms with van der Waals surface area (Å²) in [6, 6.07) is 4.41. The number of halogens is 1. The first-order valence-corrected chi connectivity index (χ1v) is 5.21. The van der Waals surface area contributed by atoms with E-state index in [9.17, 15) is 14.0 Å². The van der Waals surface area contributed by atoms with Crippen LogP contribution in [0.4, 0.5) is 4.39 Å². The van der Waals surface area contributed by atoms with Crippen molar-refractivity contribution >= 4 is 11.9 Å². The molecule has 0 saturated heterocycles. The number of carboxylic acids is 1. The van der Waals surface area contributed by atoms with Gasteiger partial charge in [0.15, 0.2) is 0 Å². The number of hydrogen-bond acceptors (Lipinski definition) is 2. The fourth-order valence-electron chi connectivity index (χ4n) is 1.38. The summed E-state index contributed by atoms with van der Waals surface area (Å²) in [4.78, 5) is 22.6. The zero-order chi connectivity index (χ0) is 13.0. The van der Waals surface area contributed by atoms with Crippen LogP contribution in [-0.2, 0) is 4.79 Å². The summed E-state index contributed by atoms with van der Waals surface area (Å²) in [6.45, 7) is 3.33. The van der Waals surface area contributed by atoms with Crippen molar-refractivity contribution in [3.05, 3.63) is 35.6 Å². The summed E-state index contributed by atoms with van der Waals surface area (Å²) >= 11 is 0. The van der Waals surface area contributed by atoms with Gasteiger partial charge in [-0.25, -0.2) is 9.18 Å². The Morgan fingerprint density at radius 1 is 1.29 bits per heavy atom. The molecule has 5 heteroatoms. The number of benzene rings is 1. The lowest BCUT2D eigenvalue weighted by molar-refractivity contribution is -0.140. The molecule has 1 amide bonds. The van der Waals surface area contributed by atoms with Gasteiger partial charge in [-0.1, -0.05) is 26.0 Å². The van der Waals surface area contributed by atoms with E-state index in [1.807, 2.05) is 0 Å². The lowest BCUT2D eigenvalue weighted by Gasteiger charge is -2.17. The van der Waals surface area contributed by atoms with E-state index in [-0.39, 0.29) is 11.5 Å². The SMILES string of the molecule is CC(C)[C@H](NC(=O)c1ccccc1F)C(=O)O. The van der Waals surface area contributed by atoms with Crippen LogP contribution in [0.15, 0.2) is 24.3 Å². The van der Waals surface area contributed by atoms with E-state index in [1.54, 1.807) is 13.8 Å². The van der Waals surface area contributed by atoms with E-state index in [2.05, 4.69) is 5.32 Å². The molecule has 0 aliphatic heterocycles. The Labute approximate surface area is 98.5 Å². The van der Waals surface area contributed by atoms with Crippen LogP contribution >= 0.6 is 0 Å². The van der Waals surface area contributed by atoms with Gasteiger partial charge in [-0.3, -0.25) is 4.79 Å². The fraction of sp³-hybridized carbons (Fsp3) is 0.333. The molecule has 17 heavy (non-hydrogen) atoms. The smallest absolute Gasteiger partial charge is 0.326 e. The largest absolute Gasteiger partial charge is 0.480 e. The maximum Gasteiger partial charge on any atom is 0.326 e. The first kappa shape index (κ1) is 13.2. The van der Waals surface area contributed by atoms with Crippen LogP contribution in [0.2, 0.25) is 0 Å². The summed E-state index contributed by atoms with van der Waals surface area (Å²) in [5.41, 5.74) is -0.153. The average Bonchev–Trinajstić information content (AvgIpc) is 2.25. The molecule has 0 aromatic heterocycles. The van der Waals surface area contributed by atoms with Crippen LogP contribution in [0.1, 0.15) is 24.2 Å². The van der Waals surface area contributed by atoms with Crippen molar-refractivity contribution < 1.29 is 19.1 Å². The number of hydrogen-bond donors (Lipinski definition) is 2. The minimum atomic E-state index is -1.13. The van der Waals surface area contributed by atoms with Gasteiger partial charge in [0, 0.05) is 0 Å². The maximum absolute atomic E-state index is 13.3. The van der Waals surface area contributed by atoms with Crippen molar-refractivity contribution in [3.63, 3.8) is 0 Å². The number of carbonyl (C=O) groups excluding carboxylic acids is 1. The molecule has 0 spiro atoms. The molecule has 0 aliphatic rings. The molecular formula is C12H14FNO3. The van der Waals surface area contributed by atoms with Crippen LogP contribution in [0.25, 0.3) is 0 Å². The summed E-state index contributed by atoms with van der Waals surface area (Å²) in [7, 11) is 0. The molecule has 0 bridgehead atoms. The molecule has 0 unspecified atom stereocenters. The highest BCUT2D eigenvalue weighted by molar-refractivity contribution is 5.96. The molecule has 0 saturated carbocycles. The zero-order valence-corrected chi connectivity index (χ0v) is 9.61. The normalized spacial score (nSPS) is 12.2. The van der Waals surface area contributed by atoms with Crippen LogP contribution in [-0.4, -0.2) is 23.0 Å². The molecule has 1 rings (SSSR count). The molecule has 2 N–H and O–H groups in total. The lowest BCUT2D eigenvalue weighted by Crippen LogP contribution is -2.44. The van der Waals surface area contributed by atoms with E-state index in [4.69, 9.17) is 5.11 Å². The predicted molar refractivity (Wildman–Crippen MR) is 60.1 cm³/mol. The van der Waals surface area contributed by atoms with Crippen LogP contribution in [0.5, 0.6) is 0 Å². The topological polar surface area (TPSA) is 66.4 Å². The number of carbonyl (C=O) groups is 2. The summed E-state index contributed by atoms with van der Waals surface area (Å²) < 4.78 is 13.3. The van der Waals surface area contributed by atoms with Gasteiger partial charge < -0.3 is 10.4 Å². The first-order chi connectivity index (χ1) is 7.93. The molecule has 4 nitrogen and oxygen atoms in total. The van der Waals surface area contributed by atoms with Crippen molar-refractivity contribution in [3.8, 4) is 0 Å². The van der Waals surface area contributed by atoms with Crippen LogP contribution in [0.3, 0.4) is 0 Å². The third-order valence-corrected chi connectivity index (χ3v) is 2.34. The standard InChI is InChI=1S/C12H14FNO3/c1-7(2)10(12(16)17)14-11(15)8-5-3-4-6-9(8)13/h3-7,10H,1-2H3,(H,14,15)(H,16,17)/t10-/m0/s1. The third kappa shape index (κ3) is 3.27. The van der Waals surface area contributed by atoms with Crippen LogP contribution in [0, 0.1) is 11.7 Å². The van der Waals surface area contributed by atoms with Gasteiger partial charge in [0.25, 0.3) is 5.91 Å². The molecule has 1 aromatic carbocycles. The number of rotatable bonds is 4. The van der Waals surface area contributed by atoms with Crippen LogP contribution < -0.4 is 5.32 Å². The van der Waals surface area contributed by atoms with E-state index in [1.165, 1.54) is 18.2 Å². The van der Waals surface area contributed by atoms with Gasteiger partial charge in [-0.15, -0.1) is 0 Å². The molecule has 0 heterocycles. The second kappa shape index (κ2) is 5.43. The second-order valence-electron chi connectivity index (χ2n) is 4.01. The van der Waals surface area contributed by atoms with Gasteiger partial charge in [-0.2, -0.15) is 0 Å². The van der Waals surface area contributed by atoms with E-state index in [0.29, 0.717) is 0 Å². The van der Waals surface area contributed by atoms with Crippen molar-refractivity contribution in [2.45, 2.75) is 19.9 Å². The molecular weight excluding hydrogens is 225 g/mol. The van der Waals surface area contributed by atoms with E-state index < -0.39 is 23.7 Å². The molecule has 0 radical (unpaired) electrons. The Kier molecular flexibility index (Phi) is 4.20. The minimum Gasteiger partial charge on any atom is -0.480 e. The zero-order valence-electron chi connectivity index (χ0n) is 9.61. The van der Waals surface area contributed by atoms with Gasteiger partial charge in [0.2, 0.25) is 0 Å². The van der Waals surface area contributed by atoms with Crippen molar-refractivity contribution in [1.29, 1.82) is 0 Å². The Morgan fingerprint density at radius 2 is 1.88 bits per heavy atom. The summed E-state index contributed by atoms with van der Waals surface area (Å²) in [5.74, 6) is -2.80. The second-order valence-corrected chi connectivity index (χ2v) is 4.01. The average molecular weight is 239 g/mol. The van der Waals surface area contributed by atoms with Crippen molar-refractivity contribution in [2.24, 2.45) is 5.92 Å². The van der Waals surface area contributed by atoms with Crippen molar-refractivity contribution in [2.75, 3.05) is 0 Å². The fourth-order valence-corrected chi connectivity index (χ4v) is 1.38. The highest BCUT2D eigenvalue weighted by Gasteiger charge is 2.24. The van der Waals surface area contributed by atoms with Crippen molar-refractivity contribution in [1.82, 2.24) is 5.32 Å². The maximum atomic E-state index is 13.3.